The van der Waals surface area contributed by atoms with Gasteiger partial charge in [-0.1, -0.05) is 30.3 Å². The molecule has 0 fully saturated rings. The zero-order valence-electron chi connectivity index (χ0n) is 14.0. The molecule has 1 aromatic carbocycles. The Labute approximate surface area is 146 Å². The molecular weight excluding hydrogens is 318 g/mol. The number of fused-ring (bicyclic) bond motifs is 1. The normalized spacial score (nSPS) is 13.0. The lowest BCUT2D eigenvalue weighted by atomic mass is 10.2. The van der Waals surface area contributed by atoms with Crippen molar-refractivity contribution in [2.75, 3.05) is 18.5 Å². The summed E-state index contributed by atoms with van der Waals surface area (Å²) in [4.78, 5) is 19.5. The lowest BCUT2D eigenvalue weighted by molar-refractivity contribution is 0.113. The van der Waals surface area contributed by atoms with Crippen LogP contribution in [0.5, 0.6) is 5.88 Å². The van der Waals surface area contributed by atoms with Crippen LogP contribution in [0.3, 0.4) is 0 Å². The van der Waals surface area contributed by atoms with Crippen molar-refractivity contribution in [1.82, 2.24) is 4.98 Å². The number of anilines is 1. The fraction of sp³-hybridized carbons (Fsp3) is 0.316. The summed E-state index contributed by atoms with van der Waals surface area (Å²) in [6.45, 7) is 1.89. The Kier molecular flexibility index (Phi) is 6.11. The number of carbonyl (C=O) groups is 1. The van der Waals surface area contributed by atoms with Crippen LogP contribution in [-0.2, 0) is 17.8 Å². The van der Waals surface area contributed by atoms with E-state index < -0.39 is 6.03 Å². The van der Waals surface area contributed by atoms with Crippen molar-refractivity contribution in [3.63, 3.8) is 0 Å². The summed E-state index contributed by atoms with van der Waals surface area (Å²) in [5.41, 5.74) is 2.11. The number of benzene rings is 1. The van der Waals surface area contributed by atoms with E-state index in [1.807, 2.05) is 30.3 Å². The van der Waals surface area contributed by atoms with Crippen molar-refractivity contribution in [1.29, 1.82) is 0 Å². The van der Waals surface area contributed by atoms with Crippen LogP contribution < -0.4 is 10.1 Å². The highest BCUT2D eigenvalue weighted by Crippen LogP contribution is 2.20. The first kappa shape index (κ1) is 17.1. The molecule has 0 unspecified atom stereocenters. The van der Waals surface area contributed by atoms with Crippen LogP contribution in [0.4, 0.5) is 10.6 Å². The number of nitrogens with one attached hydrogen (secondary N) is 1. The van der Waals surface area contributed by atoms with Crippen LogP contribution >= 0.6 is 0 Å². The smallest absolute Gasteiger partial charge is 0.346 e. The monoisotopic (exact) mass is 339 g/mol. The van der Waals surface area contributed by atoms with Gasteiger partial charge >= 0.3 is 6.03 Å². The number of hydrogen-bond donors (Lipinski definition) is 1. The zero-order valence-corrected chi connectivity index (χ0v) is 14.0. The van der Waals surface area contributed by atoms with Gasteiger partial charge < -0.3 is 9.47 Å². The molecule has 2 aromatic rings. The predicted octanol–water partition coefficient (Wildman–Crippen LogP) is 3.62. The average molecular weight is 339 g/mol. The van der Waals surface area contributed by atoms with Crippen molar-refractivity contribution < 1.29 is 14.3 Å². The van der Waals surface area contributed by atoms with Crippen molar-refractivity contribution in [2.24, 2.45) is 4.99 Å². The minimum absolute atomic E-state index is 0.404. The van der Waals surface area contributed by atoms with E-state index >= 15 is 0 Å². The van der Waals surface area contributed by atoms with Crippen LogP contribution in [0.15, 0.2) is 47.5 Å². The number of unbranched alkanes of at least 4 members (excludes halogenated alkanes) is 1. The maximum Gasteiger partial charge on any atom is 0.346 e. The topological polar surface area (TPSA) is 72.8 Å². The van der Waals surface area contributed by atoms with Gasteiger partial charge in [0.1, 0.15) is 5.82 Å². The molecule has 6 heteroatoms. The first-order chi connectivity index (χ1) is 12.3. The largest absolute Gasteiger partial charge is 0.478 e. The highest BCUT2D eigenvalue weighted by atomic mass is 16.5. The molecule has 0 radical (unpaired) electrons. The number of ether oxygens (including phenoxy) is 2. The third-order valence-corrected chi connectivity index (χ3v) is 3.74. The van der Waals surface area contributed by atoms with E-state index in [4.69, 9.17) is 9.47 Å². The first-order valence-electron chi connectivity index (χ1n) is 8.39. The molecule has 0 saturated heterocycles. The second kappa shape index (κ2) is 8.94. The van der Waals surface area contributed by atoms with E-state index in [1.54, 1.807) is 6.21 Å². The molecule has 1 aliphatic rings. The number of rotatable bonds is 8. The van der Waals surface area contributed by atoms with Gasteiger partial charge in [0.25, 0.3) is 0 Å². The van der Waals surface area contributed by atoms with E-state index in [-0.39, 0.29) is 0 Å². The van der Waals surface area contributed by atoms with E-state index in [2.05, 4.69) is 27.4 Å². The molecule has 0 saturated carbocycles. The second-order valence-electron chi connectivity index (χ2n) is 5.70. The number of carbonyl (C=O) groups excluding carboxylic acids is 1. The summed E-state index contributed by atoms with van der Waals surface area (Å²) in [7, 11) is 0. The summed E-state index contributed by atoms with van der Waals surface area (Å²) >= 11 is 0. The number of pyridine rings is 1. The Morgan fingerprint density at radius 1 is 1.04 bits per heavy atom. The van der Waals surface area contributed by atoms with Crippen LogP contribution in [0.1, 0.15) is 24.0 Å². The molecule has 3 rings (SSSR count). The Balaban J connectivity index is 1.35. The molecule has 1 aliphatic heterocycles. The Morgan fingerprint density at radius 2 is 1.88 bits per heavy atom. The van der Waals surface area contributed by atoms with Gasteiger partial charge in [0, 0.05) is 30.9 Å². The molecule has 2 heterocycles. The van der Waals surface area contributed by atoms with Gasteiger partial charge in [-0.2, -0.15) is 4.98 Å². The number of nitrogens with zero attached hydrogens (tertiary/aromatic N) is 2. The second-order valence-corrected chi connectivity index (χ2v) is 5.70. The molecule has 2 amide bonds. The summed E-state index contributed by atoms with van der Waals surface area (Å²) in [6.07, 6.45) is 3.96. The maximum absolute atomic E-state index is 11.4. The maximum atomic E-state index is 11.4. The lowest BCUT2D eigenvalue weighted by Gasteiger charge is -2.09. The predicted molar refractivity (Wildman–Crippen MR) is 96.3 cm³/mol. The molecule has 130 valence electrons. The van der Waals surface area contributed by atoms with E-state index in [0.29, 0.717) is 37.9 Å². The number of urea groups is 1. The van der Waals surface area contributed by atoms with Crippen molar-refractivity contribution in [2.45, 2.75) is 25.9 Å². The van der Waals surface area contributed by atoms with Gasteiger partial charge in [-0.25, -0.2) is 9.79 Å². The standard InChI is InChI=1S/C19H21N3O3/c23-19-20-11-10-16-8-9-17(21-18(16)22-19)25-13-5-4-12-24-14-15-6-2-1-3-7-15/h1-3,6-9,11H,4-5,10,12-14H2,(H,21,22,23). The lowest BCUT2D eigenvalue weighted by Crippen LogP contribution is -2.09. The number of aromatic nitrogens is 1. The molecule has 1 aromatic heterocycles. The molecule has 1 N–H and O–H groups in total. The molecule has 0 aliphatic carbocycles. The molecule has 6 nitrogen and oxygen atoms in total. The third-order valence-electron chi connectivity index (χ3n) is 3.74. The van der Waals surface area contributed by atoms with Gasteiger partial charge in [0.05, 0.1) is 13.2 Å². The van der Waals surface area contributed by atoms with Gasteiger partial charge in [-0.15, -0.1) is 0 Å². The van der Waals surface area contributed by atoms with Gasteiger partial charge in [-0.3, -0.25) is 5.32 Å². The number of amides is 2. The molecule has 0 bridgehead atoms. The van der Waals surface area contributed by atoms with Crippen LogP contribution in [0.25, 0.3) is 0 Å². The van der Waals surface area contributed by atoms with Crippen LogP contribution in [0.2, 0.25) is 0 Å². The summed E-state index contributed by atoms with van der Waals surface area (Å²) < 4.78 is 11.3. The fourth-order valence-corrected chi connectivity index (χ4v) is 2.43. The molecule has 0 spiro atoms. The van der Waals surface area contributed by atoms with Crippen molar-refractivity contribution in [3.05, 3.63) is 53.6 Å². The molecule has 25 heavy (non-hydrogen) atoms. The van der Waals surface area contributed by atoms with Crippen LogP contribution in [0, 0.1) is 0 Å². The highest BCUT2D eigenvalue weighted by Gasteiger charge is 2.11. The van der Waals surface area contributed by atoms with Crippen molar-refractivity contribution >= 4 is 18.1 Å². The molecular formula is C19H21N3O3. The first-order valence-corrected chi connectivity index (χ1v) is 8.39. The molecule has 0 atom stereocenters. The van der Waals surface area contributed by atoms with E-state index in [1.165, 1.54) is 5.56 Å². The fourth-order valence-electron chi connectivity index (χ4n) is 2.43. The zero-order chi connectivity index (χ0) is 17.3. The summed E-state index contributed by atoms with van der Waals surface area (Å²) in [5.74, 6) is 1.03. The van der Waals surface area contributed by atoms with Gasteiger partial charge in [-0.05, 0) is 24.5 Å². The van der Waals surface area contributed by atoms with Crippen LogP contribution in [-0.4, -0.2) is 30.4 Å². The summed E-state index contributed by atoms with van der Waals surface area (Å²) in [5, 5.41) is 2.65. The SMILES string of the molecule is O=C1N=CCc2ccc(OCCCCOCc3ccccc3)nc2N1. The van der Waals surface area contributed by atoms with Crippen molar-refractivity contribution in [3.8, 4) is 5.88 Å². The Hall–Kier alpha value is -2.73. The van der Waals surface area contributed by atoms with Gasteiger partial charge in [0.2, 0.25) is 5.88 Å². The highest BCUT2D eigenvalue weighted by molar-refractivity contribution is 5.97. The average Bonchev–Trinajstić information content (AvgIpc) is 2.82. The van der Waals surface area contributed by atoms with E-state index in [9.17, 15) is 4.79 Å². The Morgan fingerprint density at radius 3 is 2.76 bits per heavy atom. The number of hydrogen-bond acceptors (Lipinski definition) is 4. The summed E-state index contributed by atoms with van der Waals surface area (Å²) in [6, 6.07) is 13.4. The van der Waals surface area contributed by atoms with Gasteiger partial charge in [0.15, 0.2) is 0 Å². The van der Waals surface area contributed by atoms with E-state index in [0.717, 1.165) is 18.4 Å². The number of aliphatic imine (C=N–C) groups is 1. The quantitative estimate of drug-likeness (QED) is 0.746. The minimum atomic E-state index is -0.404. The third kappa shape index (κ3) is 5.39. The minimum Gasteiger partial charge on any atom is -0.478 e. The Bertz CT molecular complexity index is 732.